The summed E-state index contributed by atoms with van der Waals surface area (Å²) in [6, 6.07) is 69.1. The smallest absolute Gasteiger partial charge is 0.168 e. The summed E-state index contributed by atoms with van der Waals surface area (Å²) in [7, 11) is 9.15. The molecule has 0 radical (unpaired) electrons. The number of aryl methyl sites for hydroxylation is 2. The van der Waals surface area contributed by atoms with Crippen LogP contribution in [0.4, 0.5) is 4.39 Å². The molecule has 10 aromatic carbocycles. The van der Waals surface area contributed by atoms with Gasteiger partial charge in [0.05, 0.1) is 35.5 Å². The molecule has 0 spiro atoms. The summed E-state index contributed by atoms with van der Waals surface area (Å²) >= 11 is 0. The van der Waals surface area contributed by atoms with Crippen molar-refractivity contribution >= 4 is 102 Å². The molecule has 0 aliphatic heterocycles. The van der Waals surface area contributed by atoms with Crippen molar-refractivity contribution in [1.82, 2.24) is 0 Å². The van der Waals surface area contributed by atoms with Crippen LogP contribution in [0.2, 0.25) is 0 Å². The number of carbonyl (C=O) groups excluding carboxylic acids is 4. The molecule has 0 saturated heterocycles. The second kappa shape index (κ2) is 35.8. The fraction of sp³-hybridized carbons (Fsp3) is 0.123. The number of rotatable bonds is 23. The van der Waals surface area contributed by atoms with E-state index in [2.05, 4.69) is 37.3 Å². The number of hydrogen-bond acceptors (Lipinski definition) is 11. The molecule has 16 heteroatoms. The SMILES string of the molecule is COc1cc(OC)c(OC)c(Pc2ccc(F)cc2C=O)c1.COc1ccc(OC)c(Pc2ccc(C)cc2C=O)c1.Cc1cccc(Pc2ccccc2C=O)c1OCc1ccccc1.O=Cc1ccccc1Pc1ccccc1OCc1ccccc1. The molecule has 0 aliphatic carbocycles. The first-order chi connectivity index (χ1) is 43.4. The highest BCUT2D eigenvalue weighted by Crippen LogP contribution is 2.34. The van der Waals surface area contributed by atoms with E-state index in [1.165, 1.54) is 12.1 Å². The first-order valence-corrected chi connectivity index (χ1v) is 32.0. The summed E-state index contributed by atoms with van der Waals surface area (Å²) in [5, 5.41) is 7.90. The van der Waals surface area contributed by atoms with Gasteiger partial charge in [-0.05, 0) is 100 Å². The Labute approximate surface area is 527 Å². The highest BCUT2D eigenvalue weighted by Gasteiger charge is 2.17. The summed E-state index contributed by atoms with van der Waals surface area (Å²) in [5.74, 6) is 4.67. The van der Waals surface area contributed by atoms with E-state index >= 15 is 0 Å². The van der Waals surface area contributed by atoms with Gasteiger partial charge in [0.15, 0.2) is 36.6 Å². The van der Waals surface area contributed by atoms with E-state index in [9.17, 15) is 23.6 Å². The third kappa shape index (κ3) is 20.1. The molecule has 4 atom stereocenters. The summed E-state index contributed by atoms with van der Waals surface area (Å²) in [5.41, 5.74) is 7.01. The zero-order chi connectivity index (χ0) is 63.3. The number of para-hydroxylation sites is 2. The van der Waals surface area contributed by atoms with Crippen LogP contribution in [0.3, 0.4) is 0 Å². The second-order valence-electron chi connectivity index (χ2n) is 19.4. The first-order valence-electron chi connectivity index (χ1n) is 28.0. The number of ether oxygens (including phenoxy) is 7. The molecule has 0 fully saturated rings. The quantitative estimate of drug-likeness (QED) is 0.0448. The zero-order valence-electron chi connectivity index (χ0n) is 50.4. The molecule has 0 aliphatic rings. The Hall–Kier alpha value is -8.87. The van der Waals surface area contributed by atoms with Gasteiger partial charge in [-0.15, -0.1) is 0 Å². The van der Waals surface area contributed by atoms with E-state index in [4.69, 9.17) is 33.2 Å². The van der Waals surface area contributed by atoms with Gasteiger partial charge < -0.3 is 33.2 Å². The number of benzene rings is 10. The van der Waals surface area contributed by atoms with Gasteiger partial charge >= 0.3 is 0 Å². The average Bonchev–Trinajstić information content (AvgIpc) is 3.53. The monoisotopic (exact) mass is 1260 g/mol. The van der Waals surface area contributed by atoms with Gasteiger partial charge in [-0.3, -0.25) is 19.2 Å². The molecule has 0 aromatic heterocycles. The predicted octanol–water partition coefficient (Wildman–Crippen LogP) is 12.5. The summed E-state index contributed by atoms with van der Waals surface area (Å²) < 4.78 is 51.9. The molecule has 0 bridgehead atoms. The van der Waals surface area contributed by atoms with Crippen LogP contribution in [0.15, 0.2) is 218 Å². The fourth-order valence-electron chi connectivity index (χ4n) is 8.81. The molecule has 89 heavy (non-hydrogen) atoms. The van der Waals surface area contributed by atoms with Crippen LogP contribution in [0.5, 0.6) is 40.2 Å². The van der Waals surface area contributed by atoms with Crippen molar-refractivity contribution < 1.29 is 56.7 Å². The van der Waals surface area contributed by atoms with Crippen molar-refractivity contribution in [2.24, 2.45) is 0 Å². The van der Waals surface area contributed by atoms with Gasteiger partial charge in [-0.2, -0.15) is 0 Å². The Morgan fingerprint density at radius 3 is 1.40 bits per heavy atom. The van der Waals surface area contributed by atoms with Gasteiger partial charge in [0.25, 0.3) is 0 Å². The molecule has 0 amide bonds. The molecule has 4 unspecified atom stereocenters. The highest BCUT2D eigenvalue weighted by molar-refractivity contribution is 7.57. The van der Waals surface area contributed by atoms with Crippen LogP contribution in [0.1, 0.15) is 63.7 Å². The lowest BCUT2D eigenvalue weighted by molar-refractivity contribution is 0.111. The summed E-state index contributed by atoms with van der Waals surface area (Å²) in [6.45, 7) is 5.11. The van der Waals surface area contributed by atoms with Gasteiger partial charge in [0.2, 0.25) is 0 Å². The highest BCUT2D eigenvalue weighted by atomic mass is 31.1. The largest absolute Gasteiger partial charge is 0.497 e. The van der Waals surface area contributed by atoms with Crippen LogP contribution in [0.25, 0.3) is 0 Å². The lowest BCUT2D eigenvalue weighted by Crippen LogP contribution is -2.12. The summed E-state index contributed by atoms with van der Waals surface area (Å²) in [6.07, 6.45) is 3.38. The standard InChI is InChI=1S/C21H19O2P.C20H17O2P.C16H16FO4P.C16H17O3P/c1-16-8-7-13-20(24-19-12-6-5-11-18(19)14-22)21(16)23-15-17-9-3-2-4-10-17;21-14-17-10-4-6-12-19(17)23-20-13-7-5-11-18(20)22-15-16-8-2-1-3-9-16;1-19-12-7-13(20-2)16(21-3)15(8-12)22-14-5-4-11(17)6-10(14)9-18;1-11-4-7-15(12(8-11)10-17)20-16-9-13(18-2)5-6-14(16)19-3/h2-14,24H,15H2,1H3;1-14,23H,15H2;4-9,22H,1-3H3;4-10,20H,1-3H3. The van der Waals surface area contributed by atoms with E-state index in [0.717, 1.165) is 123 Å². The topological polar surface area (TPSA) is 133 Å². The van der Waals surface area contributed by atoms with Crippen LogP contribution < -0.4 is 75.6 Å². The Morgan fingerprint density at radius 1 is 0.337 bits per heavy atom. The zero-order valence-corrected chi connectivity index (χ0v) is 54.4. The fourth-order valence-corrected chi connectivity index (χ4v) is 13.9. The number of halogens is 1. The molecule has 454 valence electrons. The van der Waals surface area contributed by atoms with Crippen molar-refractivity contribution in [3.63, 3.8) is 0 Å². The van der Waals surface area contributed by atoms with Crippen molar-refractivity contribution in [3.8, 4) is 40.2 Å². The van der Waals surface area contributed by atoms with Crippen molar-refractivity contribution in [2.75, 3.05) is 35.5 Å². The third-order valence-corrected chi connectivity index (χ3v) is 18.9. The number of methoxy groups -OCH3 is 5. The summed E-state index contributed by atoms with van der Waals surface area (Å²) in [4.78, 5) is 44.8. The average molecular weight is 1270 g/mol. The molecule has 0 N–H and O–H groups in total. The van der Waals surface area contributed by atoms with Crippen molar-refractivity contribution in [1.29, 1.82) is 0 Å². The second-order valence-corrected chi connectivity index (χ2v) is 24.8. The third-order valence-electron chi connectivity index (χ3n) is 13.4. The number of hydrogen-bond donors (Lipinski definition) is 0. The van der Waals surface area contributed by atoms with Crippen LogP contribution in [-0.4, -0.2) is 60.7 Å². The van der Waals surface area contributed by atoms with Gasteiger partial charge in [-0.25, -0.2) is 4.39 Å². The Kier molecular flexibility index (Phi) is 27.2. The lowest BCUT2D eigenvalue weighted by atomic mass is 10.2. The van der Waals surface area contributed by atoms with Gasteiger partial charge in [-0.1, -0.05) is 204 Å². The van der Waals surface area contributed by atoms with E-state index < -0.39 is 5.82 Å². The minimum absolute atomic E-state index is 0.100. The molecule has 10 aromatic rings. The van der Waals surface area contributed by atoms with Crippen molar-refractivity contribution in [2.45, 2.75) is 27.1 Å². The molecular formula is C73H69FO11P4. The van der Waals surface area contributed by atoms with Crippen molar-refractivity contribution in [3.05, 3.63) is 269 Å². The molecular weight excluding hydrogens is 1200 g/mol. The first kappa shape index (κ1) is 67.6. The normalized spacial score (nSPS) is 10.8. The Balaban J connectivity index is 0.000000169. The van der Waals surface area contributed by atoms with Crippen LogP contribution >= 0.6 is 34.3 Å². The minimum atomic E-state index is -0.439. The van der Waals surface area contributed by atoms with E-state index in [1.54, 1.807) is 47.7 Å². The van der Waals surface area contributed by atoms with E-state index in [1.807, 2.05) is 171 Å². The van der Waals surface area contributed by atoms with E-state index in [0.29, 0.717) is 68.1 Å². The van der Waals surface area contributed by atoms with Crippen LogP contribution in [-0.2, 0) is 13.2 Å². The van der Waals surface area contributed by atoms with E-state index in [-0.39, 0.29) is 8.58 Å². The van der Waals surface area contributed by atoms with Crippen LogP contribution in [0, 0.1) is 19.7 Å². The maximum absolute atomic E-state index is 13.2. The molecule has 11 nitrogen and oxygen atoms in total. The molecule has 0 heterocycles. The minimum Gasteiger partial charge on any atom is -0.497 e. The Bertz CT molecular complexity index is 3940. The lowest BCUT2D eigenvalue weighted by Gasteiger charge is -2.15. The maximum Gasteiger partial charge on any atom is 0.168 e. The molecule has 10 rings (SSSR count). The number of aldehydes is 4. The van der Waals surface area contributed by atoms with Gasteiger partial charge in [0.1, 0.15) is 47.8 Å². The maximum atomic E-state index is 13.2. The predicted molar refractivity (Wildman–Crippen MR) is 367 cm³/mol. The Morgan fingerprint density at radius 2 is 0.820 bits per heavy atom. The molecule has 0 saturated carbocycles. The van der Waals surface area contributed by atoms with Gasteiger partial charge in [0, 0.05) is 49.5 Å². The number of carbonyl (C=O) groups is 4.